The number of unbranched alkanes of at least 4 members (excludes halogenated alkanes) is 1. The largest absolute Gasteiger partial charge is 0.356 e. The fourth-order valence-electron chi connectivity index (χ4n) is 4.21. The normalized spacial score (nSPS) is 18.3. The van der Waals surface area contributed by atoms with Crippen molar-refractivity contribution in [3.8, 4) is 0 Å². The Morgan fingerprint density at radius 2 is 1.73 bits per heavy atom. The third-order valence-corrected chi connectivity index (χ3v) is 5.75. The summed E-state index contributed by atoms with van der Waals surface area (Å²) in [6.45, 7) is 9.19. The van der Waals surface area contributed by atoms with Gasteiger partial charge in [0.05, 0.1) is 11.1 Å². The number of nitrogens with one attached hydrogen (secondary N) is 2. The van der Waals surface area contributed by atoms with E-state index in [0.29, 0.717) is 29.6 Å². The minimum absolute atomic E-state index is 0.176. The summed E-state index contributed by atoms with van der Waals surface area (Å²) in [4.78, 5) is 33.0. The van der Waals surface area contributed by atoms with E-state index in [1.807, 2.05) is 0 Å². The Balaban J connectivity index is 1.33. The number of amides is 2. The summed E-state index contributed by atoms with van der Waals surface area (Å²) >= 11 is 0. The average Bonchev–Trinajstić information content (AvgIpc) is 2.98. The number of carbonyl (C=O) groups excluding carboxylic acids is 2. The zero-order chi connectivity index (χ0) is 21.5. The molecule has 3 rings (SSSR count). The lowest BCUT2D eigenvalue weighted by molar-refractivity contribution is 0.0652. The molecule has 2 heterocycles. The highest BCUT2D eigenvalue weighted by Crippen LogP contribution is 2.22. The molecule has 1 aromatic rings. The van der Waals surface area contributed by atoms with Crippen LogP contribution in [-0.4, -0.2) is 73.4 Å². The quantitative estimate of drug-likeness (QED) is 0.296. The van der Waals surface area contributed by atoms with Gasteiger partial charge >= 0.3 is 0 Å². The summed E-state index contributed by atoms with van der Waals surface area (Å²) in [5.74, 6) is 1.19. The zero-order valence-electron chi connectivity index (χ0n) is 18.5. The first kappa shape index (κ1) is 22.3. The standard InChI is InChI=1S/C23H35N5O2/c1-17(2)16-27-14-10-18(11-15-27)26-23(24-3)25-12-6-7-13-28-21(29)19-8-4-5-9-20(19)22(28)30/h4-5,8-9,17-18H,6-7,10-16H2,1-3H3,(H2,24,25,26). The van der Waals surface area contributed by atoms with E-state index in [4.69, 9.17) is 0 Å². The summed E-state index contributed by atoms with van der Waals surface area (Å²) in [7, 11) is 1.79. The minimum Gasteiger partial charge on any atom is -0.356 e. The van der Waals surface area contributed by atoms with Gasteiger partial charge in [-0.25, -0.2) is 0 Å². The van der Waals surface area contributed by atoms with Gasteiger partial charge in [0, 0.05) is 45.8 Å². The molecular formula is C23H35N5O2. The zero-order valence-corrected chi connectivity index (χ0v) is 18.5. The van der Waals surface area contributed by atoms with E-state index in [2.05, 4.69) is 34.4 Å². The minimum atomic E-state index is -0.176. The Morgan fingerprint density at radius 1 is 1.10 bits per heavy atom. The van der Waals surface area contributed by atoms with Crippen LogP contribution in [0.25, 0.3) is 0 Å². The van der Waals surface area contributed by atoms with Crippen LogP contribution in [-0.2, 0) is 0 Å². The van der Waals surface area contributed by atoms with Crippen molar-refractivity contribution in [1.29, 1.82) is 0 Å². The smallest absolute Gasteiger partial charge is 0.261 e. The molecule has 0 atom stereocenters. The topological polar surface area (TPSA) is 77.0 Å². The summed E-state index contributed by atoms with van der Waals surface area (Å²) in [5, 5.41) is 6.89. The fourth-order valence-corrected chi connectivity index (χ4v) is 4.21. The molecule has 2 aliphatic rings. The molecule has 0 bridgehead atoms. The molecule has 0 spiro atoms. The SMILES string of the molecule is CN=C(NCCCCN1C(=O)c2ccccc2C1=O)NC1CCN(CC(C)C)CC1. The number of hydrogen-bond acceptors (Lipinski definition) is 4. The molecule has 0 unspecified atom stereocenters. The van der Waals surface area contributed by atoms with Gasteiger partial charge in [0.1, 0.15) is 0 Å². The van der Waals surface area contributed by atoms with Crippen LogP contribution >= 0.6 is 0 Å². The molecule has 0 aromatic heterocycles. The van der Waals surface area contributed by atoms with Gasteiger partial charge in [-0.2, -0.15) is 0 Å². The van der Waals surface area contributed by atoms with E-state index < -0.39 is 0 Å². The van der Waals surface area contributed by atoms with E-state index in [9.17, 15) is 9.59 Å². The van der Waals surface area contributed by atoms with Crippen molar-refractivity contribution in [2.75, 3.05) is 39.8 Å². The van der Waals surface area contributed by atoms with Crippen molar-refractivity contribution in [2.45, 2.75) is 45.6 Å². The van der Waals surface area contributed by atoms with Gasteiger partial charge < -0.3 is 15.5 Å². The van der Waals surface area contributed by atoms with Crippen LogP contribution in [0, 0.1) is 5.92 Å². The van der Waals surface area contributed by atoms with Gasteiger partial charge in [0.2, 0.25) is 0 Å². The highest BCUT2D eigenvalue weighted by atomic mass is 16.2. The number of imide groups is 1. The van der Waals surface area contributed by atoms with E-state index in [-0.39, 0.29) is 11.8 Å². The predicted molar refractivity (Wildman–Crippen MR) is 120 cm³/mol. The summed E-state index contributed by atoms with van der Waals surface area (Å²) < 4.78 is 0. The highest BCUT2D eigenvalue weighted by Gasteiger charge is 2.34. The molecule has 0 saturated carbocycles. The second-order valence-corrected chi connectivity index (χ2v) is 8.63. The Kier molecular flexibility index (Phi) is 7.85. The number of likely N-dealkylation sites (tertiary alicyclic amines) is 1. The van der Waals surface area contributed by atoms with E-state index in [1.165, 1.54) is 11.4 Å². The number of fused-ring (bicyclic) bond motifs is 1. The first-order valence-electron chi connectivity index (χ1n) is 11.1. The molecule has 7 nitrogen and oxygen atoms in total. The van der Waals surface area contributed by atoms with Gasteiger partial charge in [-0.1, -0.05) is 26.0 Å². The van der Waals surface area contributed by atoms with Gasteiger partial charge in [-0.15, -0.1) is 0 Å². The Labute approximate surface area is 179 Å². The van der Waals surface area contributed by atoms with Gasteiger partial charge in [-0.3, -0.25) is 19.5 Å². The van der Waals surface area contributed by atoms with Crippen LogP contribution in [0.4, 0.5) is 0 Å². The van der Waals surface area contributed by atoms with Crippen molar-refractivity contribution >= 4 is 17.8 Å². The highest BCUT2D eigenvalue weighted by molar-refractivity contribution is 6.21. The van der Waals surface area contributed by atoms with Crippen LogP contribution in [0.15, 0.2) is 29.3 Å². The fraction of sp³-hybridized carbons (Fsp3) is 0.609. The molecule has 1 aromatic carbocycles. The molecule has 164 valence electrons. The van der Waals surface area contributed by atoms with E-state index in [1.54, 1.807) is 31.3 Å². The Morgan fingerprint density at radius 3 is 2.30 bits per heavy atom. The summed E-state index contributed by atoms with van der Waals surface area (Å²) in [5.41, 5.74) is 1.04. The van der Waals surface area contributed by atoms with Crippen LogP contribution in [0.2, 0.25) is 0 Å². The first-order chi connectivity index (χ1) is 14.5. The lowest BCUT2D eigenvalue weighted by Crippen LogP contribution is -2.49. The van der Waals surface area contributed by atoms with E-state index >= 15 is 0 Å². The summed E-state index contributed by atoms with van der Waals surface area (Å²) in [6, 6.07) is 7.49. The van der Waals surface area contributed by atoms with Gasteiger partial charge in [0.25, 0.3) is 11.8 Å². The number of aliphatic imine (C=N–C) groups is 1. The number of guanidine groups is 1. The molecular weight excluding hydrogens is 378 g/mol. The monoisotopic (exact) mass is 413 g/mol. The Hall–Kier alpha value is -2.41. The molecule has 2 N–H and O–H groups in total. The molecule has 1 saturated heterocycles. The molecule has 0 aliphatic carbocycles. The van der Waals surface area contributed by atoms with Crippen molar-refractivity contribution in [3.63, 3.8) is 0 Å². The van der Waals surface area contributed by atoms with Crippen molar-refractivity contribution in [2.24, 2.45) is 10.9 Å². The lowest BCUT2D eigenvalue weighted by Gasteiger charge is -2.34. The van der Waals surface area contributed by atoms with Crippen molar-refractivity contribution in [3.05, 3.63) is 35.4 Å². The van der Waals surface area contributed by atoms with Gasteiger partial charge in [-0.05, 0) is 43.7 Å². The van der Waals surface area contributed by atoms with Crippen molar-refractivity contribution in [1.82, 2.24) is 20.4 Å². The maximum absolute atomic E-state index is 12.4. The maximum Gasteiger partial charge on any atom is 0.261 e. The lowest BCUT2D eigenvalue weighted by atomic mass is 10.0. The van der Waals surface area contributed by atoms with Crippen LogP contribution in [0.5, 0.6) is 0 Å². The van der Waals surface area contributed by atoms with Crippen LogP contribution in [0.3, 0.4) is 0 Å². The van der Waals surface area contributed by atoms with Crippen LogP contribution < -0.4 is 10.6 Å². The molecule has 30 heavy (non-hydrogen) atoms. The molecule has 0 radical (unpaired) electrons. The third-order valence-electron chi connectivity index (χ3n) is 5.75. The molecule has 1 fully saturated rings. The second-order valence-electron chi connectivity index (χ2n) is 8.63. The number of rotatable bonds is 8. The predicted octanol–water partition coefficient (Wildman–Crippen LogP) is 2.35. The number of nitrogens with zero attached hydrogens (tertiary/aromatic N) is 3. The third kappa shape index (κ3) is 5.59. The molecule has 7 heteroatoms. The number of hydrogen-bond donors (Lipinski definition) is 2. The molecule has 2 amide bonds. The summed E-state index contributed by atoms with van der Waals surface area (Å²) in [6.07, 6.45) is 3.89. The second kappa shape index (κ2) is 10.6. The van der Waals surface area contributed by atoms with E-state index in [0.717, 1.165) is 51.3 Å². The number of piperidine rings is 1. The van der Waals surface area contributed by atoms with Gasteiger partial charge in [0.15, 0.2) is 5.96 Å². The average molecular weight is 414 g/mol. The molecule has 2 aliphatic heterocycles. The van der Waals surface area contributed by atoms with Crippen molar-refractivity contribution < 1.29 is 9.59 Å². The first-order valence-corrected chi connectivity index (χ1v) is 11.1. The maximum atomic E-state index is 12.4. The van der Waals surface area contributed by atoms with Crippen LogP contribution in [0.1, 0.15) is 60.2 Å². The Bertz CT molecular complexity index is 734. The number of benzene rings is 1. The number of carbonyl (C=O) groups is 2.